The Hall–Kier alpha value is -2.88. The third-order valence-corrected chi connectivity index (χ3v) is 5.70. The third kappa shape index (κ3) is 5.29. The van der Waals surface area contributed by atoms with Crippen LogP contribution < -0.4 is 4.74 Å². The standard InChI is InChI=1S/C27H24Cl2N2O/c1-27(2,3)20-12-8-18(9-13-20)17-32-26-25(30-23-6-4-5-7-24(23)31-26)15-11-19-10-14-21(28)16-22(19)29/h4-16H,17H2,1-3H3/b15-11+. The minimum Gasteiger partial charge on any atom is -0.471 e. The molecule has 3 nitrogen and oxygen atoms in total. The average molecular weight is 463 g/mol. The highest BCUT2D eigenvalue weighted by molar-refractivity contribution is 6.35. The van der Waals surface area contributed by atoms with Crippen LogP contribution in [0.2, 0.25) is 10.0 Å². The molecule has 4 aromatic rings. The Balaban J connectivity index is 1.63. The van der Waals surface area contributed by atoms with Gasteiger partial charge in [0.25, 0.3) is 0 Å². The van der Waals surface area contributed by atoms with Gasteiger partial charge in [0, 0.05) is 10.0 Å². The van der Waals surface area contributed by atoms with Gasteiger partial charge in [-0.15, -0.1) is 0 Å². The molecule has 4 rings (SSSR count). The van der Waals surface area contributed by atoms with E-state index in [9.17, 15) is 0 Å². The largest absolute Gasteiger partial charge is 0.471 e. The van der Waals surface area contributed by atoms with Crippen molar-refractivity contribution >= 4 is 46.4 Å². The van der Waals surface area contributed by atoms with E-state index in [0.717, 1.165) is 22.2 Å². The maximum absolute atomic E-state index is 6.31. The van der Waals surface area contributed by atoms with Crippen molar-refractivity contribution in [2.75, 3.05) is 0 Å². The van der Waals surface area contributed by atoms with Gasteiger partial charge in [-0.3, -0.25) is 0 Å². The lowest BCUT2D eigenvalue weighted by atomic mass is 9.87. The van der Waals surface area contributed by atoms with Crippen molar-refractivity contribution in [1.82, 2.24) is 9.97 Å². The molecule has 0 N–H and O–H groups in total. The first-order valence-electron chi connectivity index (χ1n) is 10.4. The minimum absolute atomic E-state index is 0.115. The normalized spacial score (nSPS) is 11.9. The van der Waals surface area contributed by atoms with Gasteiger partial charge in [0.2, 0.25) is 5.88 Å². The lowest BCUT2D eigenvalue weighted by molar-refractivity contribution is 0.293. The molecule has 0 spiro atoms. The fraction of sp³-hybridized carbons (Fsp3) is 0.185. The monoisotopic (exact) mass is 462 g/mol. The zero-order valence-electron chi connectivity index (χ0n) is 18.3. The Morgan fingerprint density at radius 3 is 2.19 bits per heavy atom. The molecule has 5 heteroatoms. The molecule has 0 aliphatic carbocycles. The van der Waals surface area contributed by atoms with E-state index in [1.165, 1.54) is 5.56 Å². The van der Waals surface area contributed by atoms with Crippen LogP contribution in [0, 0.1) is 0 Å². The summed E-state index contributed by atoms with van der Waals surface area (Å²) in [5.41, 5.74) is 5.54. The Morgan fingerprint density at radius 1 is 0.844 bits per heavy atom. The van der Waals surface area contributed by atoms with Gasteiger partial charge in [0.05, 0.1) is 11.0 Å². The van der Waals surface area contributed by atoms with Gasteiger partial charge in [-0.1, -0.05) is 92.5 Å². The zero-order chi connectivity index (χ0) is 22.7. The summed E-state index contributed by atoms with van der Waals surface area (Å²) in [6, 6.07) is 21.6. The fourth-order valence-corrected chi connectivity index (χ4v) is 3.74. The molecule has 0 amide bonds. The molecule has 0 bridgehead atoms. The van der Waals surface area contributed by atoms with E-state index < -0.39 is 0 Å². The van der Waals surface area contributed by atoms with Crippen LogP contribution in [0.4, 0.5) is 0 Å². The molecule has 32 heavy (non-hydrogen) atoms. The van der Waals surface area contributed by atoms with Crippen LogP contribution in [0.5, 0.6) is 5.88 Å². The summed E-state index contributed by atoms with van der Waals surface area (Å²) in [5, 5.41) is 1.17. The summed E-state index contributed by atoms with van der Waals surface area (Å²) in [6.07, 6.45) is 3.76. The van der Waals surface area contributed by atoms with Crippen LogP contribution in [0.1, 0.15) is 43.2 Å². The number of ether oxygens (including phenoxy) is 1. The first kappa shape index (κ1) is 22.3. The molecular weight excluding hydrogens is 439 g/mol. The second kappa shape index (κ2) is 9.32. The van der Waals surface area contributed by atoms with Crippen LogP contribution in [0.3, 0.4) is 0 Å². The maximum Gasteiger partial charge on any atom is 0.240 e. The summed E-state index contributed by atoms with van der Waals surface area (Å²) in [5.74, 6) is 0.477. The number of nitrogens with zero attached hydrogens (tertiary/aromatic N) is 2. The van der Waals surface area contributed by atoms with Crippen LogP contribution in [0.25, 0.3) is 23.2 Å². The minimum atomic E-state index is 0.115. The van der Waals surface area contributed by atoms with Gasteiger partial charge in [0.15, 0.2) is 0 Å². The van der Waals surface area contributed by atoms with E-state index in [-0.39, 0.29) is 5.41 Å². The number of fused-ring (bicyclic) bond motifs is 1. The molecule has 0 atom stereocenters. The molecule has 0 saturated heterocycles. The van der Waals surface area contributed by atoms with Gasteiger partial charge in [-0.2, -0.15) is 0 Å². The van der Waals surface area contributed by atoms with Crippen molar-refractivity contribution in [3.63, 3.8) is 0 Å². The SMILES string of the molecule is CC(C)(C)c1ccc(COc2nc3ccccc3nc2/C=C/c2ccc(Cl)cc2Cl)cc1. The summed E-state index contributed by atoms with van der Waals surface area (Å²) < 4.78 is 6.12. The van der Waals surface area contributed by atoms with E-state index in [2.05, 4.69) is 45.0 Å². The van der Waals surface area contributed by atoms with Gasteiger partial charge >= 0.3 is 0 Å². The van der Waals surface area contributed by atoms with Crippen LogP contribution in [-0.4, -0.2) is 9.97 Å². The Kier molecular flexibility index (Phi) is 6.50. The molecule has 3 aromatic carbocycles. The molecule has 1 heterocycles. The molecular formula is C27H24Cl2N2O. The fourth-order valence-electron chi connectivity index (χ4n) is 3.27. The van der Waals surface area contributed by atoms with E-state index in [0.29, 0.717) is 28.2 Å². The first-order valence-corrected chi connectivity index (χ1v) is 11.2. The number of rotatable bonds is 5. The third-order valence-electron chi connectivity index (χ3n) is 5.14. The van der Waals surface area contributed by atoms with Crippen molar-refractivity contribution in [1.29, 1.82) is 0 Å². The quantitative estimate of drug-likeness (QED) is 0.301. The number of benzene rings is 3. The van der Waals surface area contributed by atoms with Gasteiger partial charge in [-0.25, -0.2) is 9.97 Å². The second-order valence-electron chi connectivity index (χ2n) is 8.64. The lowest BCUT2D eigenvalue weighted by Crippen LogP contribution is -2.11. The highest BCUT2D eigenvalue weighted by atomic mass is 35.5. The summed E-state index contributed by atoms with van der Waals surface area (Å²) in [4.78, 5) is 9.46. The number of para-hydroxylation sites is 2. The summed E-state index contributed by atoms with van der Waals surface area (Å²) >= 11 is 12.3. The first-order chi connectivity index (χ1) is 15.3. The highest BCUT2D eigenvalue weighted by Gasteiger charge is 2.13. The van der Waals surface area contributed by atoms with Crippen LogP contribution in [-0.2, 0) is 12.0 Å². The van der Waals surface area contributed by atoms with Crippen molar-refractivity contribution < 1.29 is 4.74 Å². The van der Waals surface area contributed by atoms with Gasteiger partial charge in [0.1, 0.15) is 12.3 Å². The predicted octanol–water partition coefficient (Wildman–Crippen LogP) is 7.98. The van der Waals surface area contributed by atoms with E-state index >= 15 is 0 Å². The van der Waals surface area contributed by atoms with Crippen molar-refractivity contribution in [3.05, 3.63) is 99.2 Å². The molecule has 0 fully saturated rings. The topological polar surface area (TPSA) is 35.0 Å². The second-order valence-corrected chi connectivity index (χ2v) is 9.48. The Labute approximate surface area is 198 Å². The summed E-state index contributed by atoms with van der Waals surface area (Å²) in [6.45, 7) is 7.01. The molecule has 1 aromatic heterocycles. The highest BCUT2D eigenvalue weighted by Crippen LogP contribution is 2.26. The van der Waals surface area contributed by atoms with Crippen LogP contribution in [0.15, 0.2) is 66.7 Å². The van der Waals surface area contributed by atoms with Gasteiger partial charge in [-0.05, 0) is 52.4 Å². The van der Waals surface area contributed by atoms with E-state index in [1.54, 1.807) is 12.1 Å². The molecule has 0 aliphatic heterocycles. The van der Waals surface area contributed by atoms with Gasteiger partial charge < -0.3 is 4.74 Å². The Morgan fingerprint density at radius 2 is 1.53 bits per heavy atom. The van der Waals surface area contributed by atoms with E-state index in [1.807, 2.05) is 42.5 Å². The maximum atomic E-state index is 6.31. The molecule has 0 unspecified atom stereocenters. The number of hydrogen-bond donors (Lipinski definition) is 0. The van der Waals surface area contributed by atoms with Crippen molar-refractivity contribution in [2.24, 2.45) is 0 Å². The van der Waals surface area contributed by atoms with Crippen LogP contribution >= 0.6 is 23.2 Å². The average Bonchev–Trinajstić information content (AvgIpc) is 2.76. The van der Waals surface area contributed by atoms with E-state index in [4.69, 9.17) is 37.9 Å². The number of hydrogen-bond acceptors (Lipinski definition) is 3. The summed E-state index contributed by atoms with van der Waals surface area (Å²) in [7, 11) is 0. The smallest absolute Gasteiger partial charge is 0.240 e. The zero-order valence-corrected chi connectivity index (χ0v) is 19.8. The lowest BCUT2D eigenvalue weighted by Gasteiger charge is -2.19. The molecule has 162 valence electrons. The predicted molar refractivity (Wildman–Crippen MR) is 134 cm³/mol. The number of halogens is 2. The Bertz CT molecular complexity index is 1280. The molecule has 0 aliphatic rings. The van der Waals surface area contributed by atoms with Crippen molar-refractivity contribution in [3.8, 4) is 5.88 Å². The molecule has 0 saturated carbocycles. The molecule has 0 radical (unpaired) electrons. The van der Waals surface area contributed by atoms with Crippen molar-refractivity contribution in [2.45, 2.75) is 32.8 Å². The number of aromatic nitrogens is 2.